The number of nitro benzene ring substituents is 1. The molecule has 1 saturated heterocycles. The quantitative estimate of drug-likeness (QED) is 0.659. The summed E-state index contributed by atoms with van der Waals surface area (Å²) in [4.78, 5) is 24.8. The highest BCUT2D eigenvalue weighted by Gasteiger charge is 2.28. The Bertz CT molecular complexity index is 544. The van der Waals surface area contributed by atoms with Gasteiger partial charge in [-0.1, -0.05) is 0 Å². The summed E-state index contributed by atoms with van der Waals surface area (Å²) in [6.45, 7) is 7.10. The highest BCUT2D eigenvalue weighted by atomic mass is 16.6. The number of rotatable bonds is 2. The summed E-state index contributed by atoms with van der Waals surface area (Å²) in [6, 6.07) is 4.85. The summed E-state index contributed by atoms with van der Waals surface area (Å²) < 4.78 is 0. The van der Waals surface area contributed by atoms with Gasteiger partial charge in [0.1, 0.15) is 0 Å². The van der Waals surface area contributed by atoms with E-state index in [0.29, 0.717) is 12.1 Å². The molecule has 0 spiro atoms. The van der Waals surface area contributed by atoms with Crippen LogP contribution in [0.2, 0.25) is 0 Å². The van der Waals surface area contributed by atoms with Crippen molar-refractivity contribution >= 4 is 11.6 Å². The number of amides is 1. The van der Waals surface area contributed by atoms with Gasteiger partial charge in [-0.15, -0.1) is 0 Å². The molecule has 0 aliphatic carbocycles. The van der Waals surface area contributed by atoms with E-state index in [1.165, 1.54) is 12.1 Å². The van der Waals surface area contributed by atoms with E-state index in [0.717, 1.165) is 12.1 Å². The largest absolute Gasteiger partial charge is 0.333 e. The van der Waals surface area contributed by atoms with Crippen molar-refractivity contribution in [3.8, 4) is 0 Å². The number of hydrogen-bond acceptors (Lipinski definition) is 4. The Morgan fingerprint density at radius 2 is 2.10 bits per heavy atom. The van der Waals surface area contributed by atoms with E-state index in [1.54, 1.807) is 17.9 Å². The zero-order chi connectivity index (χ0) is 14.9. The number of hydrogen-bond donors (Lipinski definition) is 1. The van der Waals surface area contributed by atoms with Gasteiger partial charge in [-0.05, 0) is 32.4 Å². The number of piperazine rings is 1. The molecule has 6 heteroatoms. The van der Waals surface area contributed by atoms with Crippen LogP contribution < -0.4 is 5.32 Å². The molecular formula is C14H19N3O3. The summed E-state index contributed by atoms with van der Waals surface area (Å²) in [6.07, 6.45) is 0. The van der Waals surface area contributed by atoms with Crippen molar-refractivity contribution in [3.05, 3.63) is 39.4 Å². The molecule has 2 unspecified atom stereocenters. The normalized spacial score (nSPS) is 22.6. The van der Waals surface area contributed by atoms with E-state index in [2.05, 4.69) is 5.32 Å². The van der Waals surface area contributed by atoms with Crippen LogP contribution in [-0.2, 0) is 0 Å². The highest BCUT2D eigenvalue weighted by Crippen LogP contribution is 2.20. The van der Waals surface area contributed by atoms with E-state index in [-0.39, 0.29) is 23.7 Å². The molecule has 1 aliphatic heterocycles. The molecule has 0 saturated carbocycles. The van der Waals surface area contributed by atoms with Gasteiger partial charge in [0.05, 0.1) is 4.92 Å². The van der Waals surface area contributed by atoms with Gasteiger partial charge in [-0.3, -0.25) is 14.9 Å². The van der Waals surface area contributed by atoms with Gasteiger partial charge in [0.15, 0.2) is 0 Å². The highest BCUT2D eigenvalue weighted by molar-refractivity contribution is 5.95. The van der Waals surface area contributed by atoms with Crippen LogP contribution in [0.4, 0.5) is 5.69 Å². The van der Waals surface area contributed by atoms with Gasteiger partial charge >= 0.3 is 0 Å². The molecule has 2 atom stereocenters. The third-order valence-electron chi connectivity index (χ3n) is 3.55. The Morgan fingerprint density at radius 3 is 2.75 bits per heavy atom. The summed E-state index contributed by atoms with van der Waals surface area (Å²) in [5.74, 6) is -0.141. The van der Waals surface area contributed by atoms with Gasteiger partial charge in [0.2, 0.25) is 0 Å². The maximum atomic E-state index is 12.6. The van der Waals surface area contributed by atoms with Crippen molar-refractivity contribution < 1.29 is 9.72 Å². The van der Waals surface area contributed by atoms with Crippen molar-refractivity contribution in [2.45, 2.75) is 32.9 Å². The van der Waals surface area contributed by atoms with Crippen molar-refractivity contribution in [3.63, 3.8) is 0 Å². The maximum Gasteiger partial charge on any atom is 0.270 e. The number of nitrogens with zero attached hydrogens (tertiary/aromatic N) is 2. The molecule has 1 N–H and O–H groups in total. The fourth-order valence-electron chi connectivity index (χ4n) is 2.46. The summed E-state index contributed by atoms with van der Waals surface area (Å²) in [5.41, 5.74) is 1.07. The number of carbonyl (C=O) groups excluding carboxylic acids is 1. The molecule has 1 heterocycles. The van der Waals surface area contributed by atoms with Crippen molar-refractivity contribution in [2.75, 3.05) is 13.1 Å². The lowest BCUT2D eigenvalue weighted by molar-refractivity contribution is -0.384. The Morgan fingerprint density at radius 1 is 1.40 bits per heavy atom. The van der Waals surface area contributed by atoms with Gasteiger partial charge in [0.25, 0.3) is 11.6 Å². The minimum absolute atomic E-state index is 0.0378. The Labute approximate surface area is 117 Å². The average molecular weight is 277 g/mol. The predicted octanol–water partition coefficient (Wildman–Crippen LogP) is 1.73. The molecule has 0 radical (unpaired) electrons. The van der Waals surface area contributed by atoms with Crippen LogP contribution in [0.1, 0.15) is 29.8 Å². The lowest BCUT2D eigenvalue weighted by Crippen LogP contribution is -2.56. The van der Waals surface area contributed by atoms with Crippen LogP contribution in [0.15, 0.2) is 18.2 Å². The average Bonchev–Trinajstić information content (AvgIpc) is 2.40. The van der Waals surface area contributed by atoms with Crippen LogP contribution in [0, 0.1) is 17.0 Å². The number of benzene rings is 1. The fourth-order valence-corrected chi connectivity index (χ4v) is 2.46. The first kappa shape index (κ1) is 14.5. The third-order valence-corrected chi connectivity index (χ3v) is 3.55. The molecule has 1 aromatic carbocycles. The second-order valence-electron chi connectivity index (χ2n) is 5.43. The number of aryl methyl sites for hydroxylation is 1. The first-order valence-electron chi connectivity index (χ1n) is 6.69. The zero-order valence-electron chi connectivity index (χ0n) is 11.9. The molecule has 1 aromatic rings. The SMILES string of the molecule is Cc1cc(C(=O)N2CC(C)NCC2C)cc([N+](=O)[O-])c1. The maximum absolute atomic E-state index is 12.6. The molecule has 108 valence electrons. The van der Waals surface area contributed by atoms with Crippen LogP contribution in [-0.4, -0.2) is 40.9 Å². The monoisotopic (exact) mass is 277 g/mol. The van der Waals surface area contributed by atoms with E-state index in [1.807, 2.05) is 13.8 Å². The molecule has 20 heavy (non-hydrogen) atoms. The minimum atomic E-state index is -0.465. The van der Waals surface area contributed by atoms with Gasteiger partial charge in [-0.25, -0.2) is 0 Å². The van der Waals surface area contributed by atoms with Crippen molar-refractivity contribution in [1.82, 2.24) is 10.2 Å². The van der Waals surface area contributed by atoms with Crippen molar-refractivity contribution in [2.24, 2.45) is 0 Å². The smallest absolute Gasteiger partial charge is 0.270 e. The number of carbonyl (C=O) groups is 1. The lowest BCUT2D eigenvalue weighted by atomic mass is 10.1. The summed E-state index contributed by atoms with van der Waals surface area (Å²) in [7, 11) is 0. The molecule has 0 bridgehead atoms. The topological polar surface area (TPSA) is 75.5 Å². The standard InChI is InChI=1S/C14H19N3O3/c1-9-4-12(6-13(5-9)17(19)20)14(18)16-8-10(2)15-7-11(16)3/h4-6,10-11,15H,7-8H2,1-3H3. The second kappa shape index (κ2) is 5.58. The zero-order valence-corrected chi connectivity index (χ0v) is 11.9. The first-order chi connectivity index (χ1) is 9.38. The predicted molar refractivity (Wildman–Crippen MR) is 75.8 cm³/mol. The van der Waals surface area contributed by atoms with Crippen LogP contribution in [0.25, 0.3) is 0 Å². The van der Waals surface area contributed by atoms with Gasteiger partial charge in [-0.2, -0.15) is 0 Å². The van der Waals surface area contributed by atoms with Gasteiger partial charge < -0.3 is 10.2 Å². The van der Waals surface area contributed by atoms with Crippen LogP contribution in [0.3, 0.4) is 0 Å². The number of nitrogens with one attached hydrogen (secondary N) is 1. The van der Waals surface area contributed by atoms with Crippen LogP contribution in [0.5, 0.6) is 0 Å². The number of non-ortho nitro benzene ring substituents is 1. The molecule has 6 nitrogen and oxygen atoms in total. The Kier molecular flexibility index (Phi) is 4.04. The minimum Gasteiger partial charge on any atom is -0.333 e. The van der Waals surface area contributed by atoms with E-state index >= 15 is 0 Å². The lowest BCUT2D eigenvalue weighted by Gasteiger charge is -2.37. The summed E-state index contributed by atoms with van der Waals surface area (Å²) in [5, 5.41) is 14.2. The van der Waals surface area contributed by atoms with Crippen LogP contribution >= 0.6 is 0 Å². The molecular weight excluding hydrogens is 258 g/mol. The van der Waals surface area contributed by atoms with Crippen molar-refractivity contribution in [1.29, 1.82) is 0 Å². The fraction of sp³-hybridized carbons (Fsp3) is 0.500. The summed E-state index contributed by atoms with van der Waals surface area (Å²) >= 11 is 0. The van der Waals surface area contributed by atoms with Gasteiger partial charge in [0, 0.05) is 42.9 Å². The first-order valence-corrected chi connectivity index (χ1v) is 6.69. The molecule has 1 amide bonds. The molecule has 2 rings (SSSR count). The Hall–Kier alpha value is -1.95. The third kappa shape index (κ3) is 2.96. The molecule has 0 aromatic heterocycles. The molecule has 1 aliphatic rings. The van der Waals surface area contributed by atoms with E-state index in [4.69, 9.17) is 0 Å². The number of nitro groups is 1. The molecule has 1 fully saturated rings. The van der Waals surface area contributed by atoms with E-state index in [9.17, 15) is 14.9 Å². The second-order valence-corrected chi connectivity index (χ2v) is 5.43. The van der Waals surface area contributed by atoms with E-state index < -0.39 is 4.92 Å². The Balaban J connectivity index is 2.30.